The van der Waals surface area contributed by atoms with Crippen LogP contribution >= 0.6 is 0 Å². The molecular weight excluding hydrogens is 558 g/mol. The van der Waals surface area contributed by atoms with Gasteiger partial charge in [-0.25, -0.2) is 4.99 Å². The van der Waals surface area contributed by atoms with Crippen LogP contribution in [0.15, 0.2) is 151 Å². The number of amidine groups is 2. The highest BCUT2D eigenvalue weighted by Crippen LogP contribution is 2.52. The normalized spacial score (nSPS) is 13.5. The third kappa shape index (κ3) is 4.28. The third-order valence-electron chi connectivity index (χ3n) is 9.56. The summed E-state index contributed by atoms with van der Waals surface area (Å²) in [5.41, 5.74) is 18.3. The van der Waals surface area contributed by atoms with Gasteiger partial charge in [-0.2, -0.15) is 0 Å². The van der Waals surface area contributed by atoms with Gasteiger partial charge < -0.3 is 5.73 Å². The Bertz CT molecular complexity index is 2350. The van der Waals surface area contributed by atoms with Gasteiger partial charge in [0.15, 0.2) is 5.84 Å². The first-order valence-electron chi connectivity index (χ1n) is 15.7. The zero-order valence-corrected chi connectivity index (χ0v) is 25.9. The summed E-state index contributed by atoms with van der Waals surface area (Å²) in [5.74, 6) is 0.465. The second-order valence-electron chi connectivity index (χ2n) is 12.5. The molecule has 1 aliphatic carbocycles. The highest BCUT2D eigenvalue weighted by atomic mass is 14.9. The molecule has 0 unspecified atom stereocenters. The van der Waals surface area contributed by atoms with Crippen LogP contribution in [-0.4, -0.2) is 11.7 Å². The van der Waals surface area contributed by atoms with Gasteiger partial charge >= 0.3 is 0 Å². The zero-order chi connectivity index (χ0) is 31.4. The Morgan fingerprint density at radius 1 is 0.522 bits per heavy atom. The molecule has 0 radical (unpaired) electrons. The minimum Gasteiger partial charge on any atom is -0.383 e. The van der Waals surface area contributed by atoms with Crippen LogP contribution in [0.3, 0.4) is 0 Å². The van der Waals surface area contributed by atoms with Gasteiger partial charge in [0.05, 0.1) is 0 Å². The molecule has 0 aromatic heterocycles. The Labute approximate surface area is 269 Å². The van der Waals surface area contributed by atoms with Crippen molar-refractivity contribution in [3.8, 4) is 33.4 Å². The molecule has 220 valence electrons. The van der Waals surface area contributed by atoms with Gasteiger partial charge in [-0.15, -0.1) is 0 Å². The summed E-state index contributed by atoms with van der Waals surface area (Å²) >= 11 is 0. The lowest BCUT2D eigenvalue weighted by molar-refractivity contribution is 0.660. The second-order valence-corrected chi connectivity index (χ2v) is 12.5. The third-order valence-corrected chi connectivity index (χ3v) is 9.56. The zero-order valence-electron chi connectivity index (χ0n) is 25.9. The fourth-order valence-corrected chi connectivity index (χ4v) is 7.36. The Balaban J connectivity index is 1.33. The predicted molar refractivity (Wildman–Crippen MR) is 194 cm³/mol. The van der Waals surface area contributed by atoms with E-state index in [1.54, 1.807) is 0 Å². The van der Waals surface area contributed by atoms with E-state index in [1.807, 2.05) is 36.4 Å². The molecular formula is C43H33N3. The molecule has 0 fully saturated rings. The fraction of sp³-hybridized carbons (Fsp3) is 0.0698. The van der Waals surface area contributed by atoms with Crippen LogP contribution in [0.2, 0.25) is 0 Å². The monoisotopic (exact) mass is 591 g/mol. The van der Waals surface area contributed by atoms with Crippen molar-refractivity contribution in [2.24, 2.45) is 10.7 Å². The Morgan fingerprint density at radius 3 is 1.80 bits per heavy atom. The smallest absolute Gasteiger partial charge is 0.154 e. The molecule has 0 heterocycles. The lowest BCUT2D eigenvalue weighted by Crippen LogP contribution is -2.18. The molecule has 3 heteroatoms. The number of nitrogens with zero attached hydrogens (tertiary/aromatic N) is 1. The summed E-state index contributed by atoms with van der Waals surface area (Å²) in [6, 6.07) is 50.7. The first-order valence-corrected chi connectivity index (χ1v) is 15.7. The molecule has 0 aliphatic heterocycles. The van der Waals surface area contributed by atoms with E-state index in [9.17, 15) is 0 Å². The van der Waals surface area contributed by atoms with E-state index < -0.39 is 0 Å². The molecule has 0 saturated heterocycles. The number of hydrogen-bond donors (Lipinski definition) is 2. The molecule has 7 aromatic carbocycles. The van der Waals surface area contributed by atoms with Crippen LogP contribution in [0.4, 0.5) is 0 Å². The van der Waals surface area contributed by atoms with Crippen molar-refractivity contribution in [3.05, 3.63) is 168 Å². The number of nitrogens with two attached hydrogens (primary N) is 1. The van der Waals surface area contributed by atoms with E-state index in [1.165, 1.54) is 33.4 Å². The van der Waals surface area contributed by atoms with Gasteiger partial charge in [-0.3, -0.25) is 5.41 Å². The van der Waals surface area contributed by atoms with Crippen LogP contribution in [-0.2, 0) is 5.41 Å². The van der Waals surface area contributed by atoms with Gasteiger partial charge in [0.1, 0.15) is 5.84 Å². The molecule has 0 saturated carbocycles. The molecule has 0 spiro atoms. The standard InChI is InChI=1S/C43H33N3/c1-43(2)36-21-11-10-19-35(36)39-30(20-12-22-37(39)43)27-23-25-28(26-24-27)38-33-17-8-6-15-31(33)32-16-7-9-18-34(32)40(38)42(45)46-41(44)29-13-4-3-5-14-29/h3-26H,1-2H3,(H3,44,45,46). The van der Waals surface area contributed by atoms with Crippen molar-refractivity contribution in [1.29, 1.82) is 5.41 Å². The van der Waals surface area contributed by atoms with Crippen molar-refractivity contribution >= 4 is 33.2 Å². The summed E-state index contributed by atoms with van der Waals surface area (Å²) in [7, 11) is 0. The number of fused-ring (bicyclic) bond motifs is 6. The molecule has 1 aliphatic rings. The summed E-state index contributed by atoms with van der Waals surface area (Å²) in [5, 5.41) is 13.1. The van der Waals surface area contributed by atoms with Crippen LogP contribution in [0.5, 0.6) is 0 Å². The predicted octanol–water partition coefficient (Wildman–Crippen LogP) is 10.4. The van der Waals surface area contributed by atoms with Gasteiger partial charge in [-0.05, 0) is 60.5 Å². The maximum absolute atomic E-state index is 8.75. The van der Waals surface area contributed by atoms with E-state index >= 15 is 0 Å². The Kier molecular flexibility index (Phi) is 6.43. The lowest BCUT2D eigenvalue weighted by Gasteiger charge is -2.21. The average Bonchev–Trinajstić information content (AvgIpc) is 3.34. The van der Waals surface area contributed by atoms with Crippen molar-refractivity contribution in [2.45, 2.75) is 19.3 Å². The van der Waals surface area contributed by atoms with Crippen LogP contribution in [0.25, 0.3) is 54.9 Å². The fourth-order valence-electron chi connectivity index (χ4n) is 7.36. The number of nitrogens with one attached hydrogen (secondary N) is 1. The summed E-state index contributed by atoms with van der Waals surface area (Å²) in [6.07, 6.45) is 0. The highest BCUT2D eigenvalue weighted by Gasteiger charge is 2.36. The Morgan fingerprint density at radius 2 is 1.07 bits per heavy atom. The molecule has 0 amide bonds. The Hall–Kier alpha value is -5.80. The van der Waals surface area contributed by atoms with Crippen LogP contribution in [0.1, 0.15) is 36.1 Å². The first-order chi connectivity index (χ1) is 22.4. The van der Waals surface area contributed by atoms with E-state index in [0.717, 1.165) is 43.8 Å². The number of aliphatic imine (C=N–C) groups is 1. The van der Waals surface area contributed by atoms with Crippen LogP contribution in [0, 0.1) is 5.41 Å². The first kappa shape index (κ1) is 27.7. The topological polar surface area (TPSA) is 62.2 Å². The van der Waals surface area contributed by atoms with Crippen molar-refractivity contribution in [3.63, 3.8) is 0 Å². The molecule has 3 N–H and O–H groups in total. The molecule has 0 atom stereocenters. The highest BCUT2D eigenvalue weighted by molar-refractivity contribution is 6.26. The largest absolute Gasteiger partial charge is 0.383 e. The van der Waals surface area contributed by atoms with Gasteiger partial charge in [0, 0.05) is 22.1 Å². The van der Waals surface area contributed by atoms with Gasteiger partial charge in [-0.1, -0.05) is 159 Å². The number of rotatable bonds is 4. The van der Waals surface area contributed by atoms with Crippen molar-refractivity contribution < 1.29 is 0 Å². The van der Waals surface area contributed by atoms with E-state index in [0.29, 0.717) is 5.84 Å². The SMILES string of the molecule is CC1(C)c2ccccc2-c2c(-c3ccc(-c4c(/C(N)=N/C(=N)c5ccccc5)c5ccccc5c5ccccc45)cc3)cccc21. The van der Waals surface area contributed by atoms with Gasteiger partial charge in [0.2, 0.25) is 0 Å². The van der Waals surface area contributed by atoms with Crippen molar-refractivity contribution in [2.75, 3.05) is 0 Å². The number of benzene rings is 7. The molecule has 0 bridgehead atoms. The van der Waals surface area contributed by atoms with Crippen LogP contribution < -0.4 is 5.73 Å². The minimum absolute atomic E-state index is 0.0505. The summed E-state index contributed by atoms with van der Waals surface area (Å²) < 4.78 is 0. The lowest BCUT2D eigenvalue weighted by atomic mass is 9.82. The average molecular weight is 592 g/mol. The van der Waals surface area contributed by atoms with Crippen molar-refractivity contribution in [1.82, 2.24) is 0 Å². The van der Waals surface area contributed by atoms with Gasteiger partial charge in [0.25, 0.3) is 0 Å². The molecule has 7 aromatic rings. The summed E-state index contributed by atoms with van der Waals surface area (Å²) in [6.45, 7) is 4.64. The minimum atomic E-state index is -0.0505. The molecule has 3 nitrogen and oxygen atoms in total. The van der Waals surface area contributed by atoms with E-state index in [-0.39, 0.29) is 11.3 Å². The molecule has 46 heavy (non-hydrogen) atoms. The van der Waals surface area contributed by atoms with E-state index in [4.69, 9.17) is 11.1 Å². The maximum atomic E-state index is 8.75. The quantitative estimate of drug-likeness (QED) is 0.119. The second kappa shape index (κ2) is 10.7. The number of hydrogen-bond acceptors (Lipinski definition) is 1. The molecule has 8 rings (SSSR count). The maximum Gasteiger partial charge on any atom is 0.154 e. The summed E-state index contributed by atoms with van der Waals surface area (Å²) in [4.78, 5) is 4.68. The van der Waals surface area contributed by atoms with E-state index in [2.05, 4.69) is 128 Å².